The third-order valence-electron chi connectivity index (χ3n) is 3.16. The second-order valence-electron chi connectivity index (χ2n) is 4.63. The topological polar surface area (TPSA) is 68.3 Å². The number of hydrogen-bond acceptors (Lipinski definition) is 5. The number of esters is 1. The summed E-state index contributed by atoms with van der Waals surface area (Å²) in [5.74, 6) is -0.755. The second kappa shape index (κ2) is 6.36. The fourth-order valence-electron chi connectivity index (χ4n) is 2.01. The number of rotatable bonds is 3. The summed E-state index contributed by atoms with van der Waals surface area (Å²) in [6.07, 6.45) is 0. The molecule has 0 radical (unpaired) electrons. The van der Waals surface area contributed by atoms with Crippen molar-refractivity contribution in [3.05, 3.63) is 58.6 Å². The van der Waals surface area contributed by atoms with Gasteiger partial charge in [-0.25, -0.2) is 9.78 Å². The van der Waals surface area contributed by atoms with Gasteiger partial charge in [0, 0.05) is 5.56 Å². The van der Waals surface area contributed by atoms with E-state index >= 15 is 0 Å². The summed E-state index contributed by atoms with van der Waals surface area (Å²) in [5.41, 5.74) is 1.47. The third kappa shape index (κ3) is 3.18. The van der Waals surface area contributed by atoms with Gasteiger partial charge in [0.05, 0.1) is 22.4 Å². The molecule has 0 aliphatic carbocycles. The van der Waals surface area contributed by atoms with E-state index in [1.807, 2.05) is 12.1 Å². The number of amides is 1. The van der Waals surface area contributed by atoms with Crippen molar-refractivity contribution >= 4 is 50.2 Å². The molecule has 3 aromatic rings. The van der Waals surface area contributed by atoms with Crippen LogP contribution in [-0.2, 0) is 4.74 Å². The molecule has 1 amide bonds. The average Bonchev–Trinajstić information content (AvgIpc) is 2.98. The van der Waals surface area contributed by atoms with Gasteiger partial charge in [-0.05, 0) is 36.4 Å². The molecule has 3 rings (SSSR count). The van der Waals surface area contributed by atoms with E-state index in [2.05, 4.69) is 15.0 Å². The summed E-state index contributed by atoms with van der Waals surface area (Å²) in [6, 6.07) is 11.7. The molecule has 0 bridgehead atoms. The lowest BCUT2D eigenvalue weighted by Gasteiger charge is -2.03. The van der Waals surface area contributed by atoms with Gasteiger partial charge < -0.3 is 4.74 Å². The maximum atomic E-state index is 12.2. The number of fused-ring (bicyclic) bond motifs is 1. The van der Waals surface area contributed by atoms with Crippen LogP contribution < -0.4 is 5.32 Å². The van der Waals surface area contributed by atoms with Gasteiger partial charge in [0.1, 0.15) is 5.52 Å². The lowest BCUT2D eigenvalue weighted by atomic mass is 10.1. The monoisotopic (exact) mass is 346 g/mol. The number of anilines is 1. The van der Waals surface area contributed by atoms with Crippen molar-refractivity contribution in [2.24, 2.45) is 0 Å². The molecule has 1 aromatic heterocycles. The van der Waals surface area contributed by atoms with Gasteiger partial charge in [-0.15, -0.1) is 0 Å². The van der Waals surface area contributed by atoms with Crippen molar-refractivity contribution in [3.63, 3.8) is 0 Å². The Morgan fingerprint density at radius 2 is 1.83 bits per heavy atom. The van der Waals surface area contributed by atoms with Crippen LogP contribution in [0.5, 0.6) is 0 Å². The van der Waals surface area contributed by atoms with Gasteiger partial charge in [0.25, 0.3) is 5.91 Å². The zero-order chi connectivity index (χ0) is 16.4. The lowest BCUT2D eigenvalue weighted by molar-refractivity contribution is 0.0600. The van der Waals surface area contributed by atoms with Gasteiger partial charge >= 0.3 is 5.97 Å². The van der Waals surface area contributed by atoms with Crippen molar-refractivity contribution in [2.45, 2.75) is 0 Å². The van der Waals surface area contributed by atoms with Crippen LogP contribution in [-0.4, -0.2) is 24.0 Å². The summed E-state index contributed by atoms with van der Waals surface area (Å²) in [6.45, 7) is 0. The number of halogens is 1. The molecule has 0 fully saturated rings. The number of carbonyl (C=O) groups is 2. The van der Waals surface area contributed by atoms with Crippen molar-refractivity contribution in [2.75, 3.05) is 12.4 Å². The highest BCUT2D eigenvalue weighted by molar-refractivity contribution is 7.22. The Hall–Kier alpha value is -2.44. The van der Waals surface area contributed by atoms with E-state index in [4.69, 9.17) is 11.6 Å². The predicted octanol–water partition coefficient (Wildman–Crippen LogP) is 3.99. The van der Waals surface area contributed by atoms with Gasteiger partial charge in [-0.3, -0.25) is 10.1 Å². The van der Waals surface area contributed by atoms with E-state index in [9.17, 15) is 9.59 Å². The number of carbonyl (C=O) groups excluding carboxylic acids is 2. The van der Waals surface area contributed by atoms with Crippen LogP contribution >= 0.6 is 22.9 Å². The van der Waals surface area contributed by atoms with Gasteiger partial charge in [0.15, 0.2) is 5.13 Å². The van der Waals surface area contributed by atoms with Crippen molar-refractivity contribution in [1.82, 2.24) is 4.98 Å². The Bertz CT molecular complexity index is 890. The SMILES string of the molecule is COC(=O)c1ccc(C(=O)Nc2nc3c(Cl)cccc3s2)cc1. The second-order valence-corrected chi connectivity index (χ2v) is 6.07. The highest BCUT2D eigenvalue weighted by atomic mass is 35.5. The van der Waals surface area contributed by atoms with Crippen molar-refractivity contribution < 1.29 is 14.3 Å². The minimum absolute atomic E-state index is 0.309. The molecular weight excluding hydrogens is 336 g/mol. The number of para-hydroxylation sites is 1. The van der Waals surface area contributed by atoms with Crippen molar-refractivity contribution in [1.29, 1.82) is 0 Å². The summed E-state index contributed by atoms with van der Waals surface area (Å²) in [5, 5.41) is 3.74. The van der Waals surface area contributed by atoms with Crippen LogP contribution in [0.25, 0.3) is 10.2 Å². The highest BCUT2D eigenvalue weighted by Crippen LogP contribution is 2.30. The first-order valence-corrected chi connectivity index (χ1v) is 7.82. The molecule has 0 aliphatic heterocycles. The molecule has 0 unspecified atom stereocenters. The minimum Gasteiger partial charge on any atom is -0.465 e. The van der Waals surface area contributed by atoms with E-state index in [1.165, 1.54) is 30.6 Å². The summed E-state index contributed by atoms with van der Waals surface area (Å²) >= 11 is 7.42. The van der Waals surface area contributed by atoms with Crippen LogP contribution in [0.3, 0.4) is 0 Å². The fraction of sp³-hybridized carbons (Fsp3) is 0.0625. The molecule has 1 heterocycles. The molecule has 0 saturated heterocycles. The Morgan fingerprint density at radius 3 is 2.48 bits per heavy atom. The van der Waals surface area contributed by atoms with Crippen LogP contribution in [0, 0.1) is 0 Å². The molecule has 2 aromatic carbocycles. The van der Waals surface area contributed by atoms with E-state index in [0.717, 1.165) is 4.70 Å². The zero-order valence-corrected chi connectivity index (χ0v) is 13.6. The standard InChI is InChI=1S/C16H11ClN2O3S/c1-22-15(21)10-7-5-9(6-8-10)14(20)19-16-18-13-11(17)3-2-4-12(13)23-16/h2-8H,1H3,(H,18,19,20). The van der Waals surface area contributed by atoms with E-state index in [-0.39, 0.29) is 5.91 Å². The Balaban J connectivity index is 1.80. The summed E-state index contributed by atoms with van der Waals surface area (Å²) in [7, 11) is 1.31. The molecule has 5 nitrogen and oxygen atoms in total. The molecule has 0 spiro atoms. The van der Waals surface area contributed by atoms with E-state index in [0.29, 0.717) is 26.8 Å². The number of thiazole rings is 1. The molecule has 23 heavy (non-hydrogen) atoms. The molecule has 0 aliphatic rings. The van der Waals surface area contributed by atoms with Crippen molar-refractivity contribution in [3.8, 4) is 0 Å². The first kappa shape index (κ1) is 15.5. The average molecular weight is 347 g/mol. The maximum absolute atomic E-state index is 12.2. The Labute approximate surface area is 140 Å². The molecule has 0 atom stereocenters. The number of benzene rings is 2. The lowest BCUT2D eigenvalue weighted by Crippen LogP contribution is -2.12. The van der Waals surface area contributed by atoms with E-state index < -0.39 is 5.97 Å². The molecule has 7 heteroatoms. The Morgan fingerprint density at radius 1 is 1.13 bits per heavy atom. The Kier molecular flexibility index (Phi) is 4.27. The number of hydrogen-bond donors (Lipinski definition) is 1. The molecule has 1 N–H and O–H groups in total. The fourth-order valence-corrected chi connectivity index (χ4v) is 3.17. The predicted molar refractivity (Wildman–Crippen MR) is 90.4 cm³/mol. The zero-order valence-electron chi connectivity index (χ0n) is 12.0. The normalized spacial score (nSPS) is 10.5. The first-order valence-electron chi connectivity index (χ1n) is 6.63. The number of methoxy groups -OCH3 is 1. The van der Waals surface area contributed by atoms with Crippen LogP contribution in [0.15, 0.2) is 42.5 Å². The van der Waals surface area contributed by atoms with E-state index in [1.54, 1.807) is 18.2 Å². The number of aromatic nitrogens is 1. The number of nitrogens with one attached hydrogen (secondary N) is 1. The van der Waals surface area contributed by atoms with Gasteiger partial charge in [-0.1, -0.05) is 29.0 Å². The molecular formula is C16H11ClN2O3S. The van der Waals surface area contributed by atoms with Gasteiger partial charge in [-0.2, -0.15) is 0 Å². The quantitative estimate of drug-likeness (QED) is 0.728. The summed E-state index contributed by atoms with van der Waals surface area (Å²) < 4.78 is 5.51. The molecule has 0 saturated carbocycles. The smallest absolute Gasteiger partial charge is 0.337 e. The van der Waals surface area contributed by atoms with Gasteiger partial charge in [0.2, 0.25) is 0 Å². The van der Waals surface area contributed by atoms with Crippen LogP contribution in [0.4, 0.5) is 5.13 Å². The van der Waals surface area contributed by atoms with Crippen LogP contribution in [0.2, 0.25) is 5.02 Å². The first-order chi connectivity index (χ1) is 11.1. The molecule has 116 valence electrons. The summed E-state index contributed by atoms with van der Waals surface area (Å²) in [4.78, 5) is 27.9. The van der Waals surface area contributed by atoms with Crippen LogP contribution in [0.1, 0.15) is 20.7 Å². The largest absolute Gasteiger partial charge is 0.465 e. The number of ether oxygens (including phenoxy) is 1. The number of nitrogens with zero attached hydrogens (tertiary/aromatic N) is 1. The maximum Gasteiger partial charge on any atom is 0.337 e. The third-order valence-corrected chi connectivity index (χ3v) is 4.40. The minimum atomic E-state index is -0.447. The highest BCUT2D eigenvalue weighted by Gasteiger charge is 2.12.